The Morgan fingerprint density at radius 1 is 0.345 bits per heavy atom. The van der Waals surface area contributed by atoms with Crippen LogP contribution in [0.1, 0.15) is 230 Å². The molecule has 3 aromatic rings. The third-order valence-electron chi connectivity index (χ3n) is 12.1. The van der Waals surface area contributed by atoms with E-state index in [4.69, 9.17) is 9.05 Å². The van der Waals surface area contributed by atoms with Gasteiger partial charge in [-0.05, 0) is 86.3 Å². The van der Waals surface area contributed by atoms with Gasteiger partial charge in [0.1, 0.15) is 0 Å². The van der Waals surface area contributed by atoms with Gasteiger partial charge in [-0.1, -0.05) is 230 Å². The molecule has 0 aromatic heterocycles. The Bertz CT molecular complexity index is 1370. The van der Waals surface area contributed by atoms with Gasteiger partial charge in [0.25, 0.3) is 0 Å². The van der Waals surface area contributed by atoms with Crippen molar-refractivity contribution < 1.29 is 13.9 Å². The quantitative estimate of drug-likeness (QED) is 0.0465. The fraction of sp³-hybridized carbons (Fsp3) is 0.667. The molecule has 3 aromatic carbocycles. The molecule has 0 heterocycles. The van der Waals surface area contributed by atoms with Crippen LogP contribution in [-0.4, -0.2) is 4.89 Å². The third-order valence-corrected chi connectivity index (χ3v) is 14.0. The zero-order chi connectivity index (χ0) is 41.4. The van der Waals surface area contributed by atoms with Crippen molar-refractivity contribution in [3.63, 3.8) is 0 Å². The molecule has 3 nitrogen and oxygen atoms in total. The van der Waals surface area contributed by atoms with Gasteiger partial charge in [-0.25, -0.2) is 0 Å². The van der Waals surface area contributed by atoms with E-state index < -0.39 is 7.94 Å². The molecular weight excluding hydrogens is 728 g/mol. The van der Waals surface area contributed by atoms with Gasteiger partial charge in [0.2, 0.25) is 5.30 Å². The minimum absolute atomic E-state index is 0.772. The summed E-state index contributed by atoms with van der Waals surface area (Å²) >= 11 is 0. The van der Waals surface area contributed by atoms with E-state index in [1.165, 1.54) is 183 Å². The maximum absolute atomic E-state index is 13.3. The van der Waals surface area contributed by atoms with E-state index >= 15 is 0 Å². The highest BCUT2D eigenvalue weighted by atomic mass is 31.2. The molecule has 0 amide bonds. The topological polar surface area (TPSA) is 38.7 Å². The fourth-order valence-electron chi connectivity index (χ4n) is 8.47. The number of unbranched alkanes of at least 4 members (excludes halogenated alkanes) is 24. The van der Waals surface area contributed by atoms with E-state index in [1.54, 1.807) is 0 Å². The number of rotatable bonds is 37. The summed E-state index contributed by atoms with van der Waals surface area (Å²) in [4.78, 5) is 13.3. The van der Waals surface area contributed by atoms with Gasteiger partial charge in [-0.2, -0.15) is 4.89 Å². The van der Waals surface area contributed by atoms with E-state index in [0.29, 0.717) is 0 Å². The fourth-order valence-corrected chi connectivity index (χ4v) is 10.5. The molecule has 0 saturated carbocycles. The molecule has 326 valence electrons. The Morgan fingerprint density at radius 3 is 1.05 bits per heavy atom. The van der Waals surface area contributed by atoms with E-state index in [2.05, 4.69) is 94.4 Å². The second-order valence-electron chi connectivity index (χ2n) is 17.3. The lowest BCUT2D eigenvalue weighted by atomic mass is 9.96. The lowest BCUT2D eigenvalue weighted by Crippen LogP contribution is -2.26. The van der Waals surface area contributed by atoms with Crippen molar-refractivity contribution in [2.75, 3.05) is 0 Å². The van der Waals surface area contributed by atoms with Gasteiger partial charge in [0.05, 0.1) is 0 Å². The number of aryl methyl sites for hydroxylation is 3. The van der Waals surface area contributed by atoms with Crippen LogP contribution >= 0.6 is 7.94 Å². The molecule has 0 spiro atoms. The van der Waals surface area contributed by atoms with Gasteiger partial charge in [0.15, 0.2) is 11.5 Å². The SMILES string of the molecule is CCCCCCCCCc1ccccc1O[P+](O)(Oc1ccccc1CCCCCCCCC)c1cccc(CCCCCCCCC)c1CCCCCCCCC. The van der Waals surface area contributed by atoms with E-state index in [9.17, 15) is 4.89 Å². The summed E-state index contributed by atoms with van der Waals surface area (Å²) < 4.78 is 14.1. The summed E-state index contributed by atoms with van der Waals surface area (Å²) in [5.41, 5.74) is 4.98. The lowest BCUT2D eigenvalue weighted by Gasteiger charge is -2.23. The van der Waals surface area contributed by atoms with Crippen molar-refractivity contribution in [3.8, 4) is 11.5 Å². The van der Waals surface area contributed by atoms with Crippen molar-refractivity contribution in [3.05, 3.63) is 89.0 Å². The van der Waals surface area contributed by atoms with E-state index in [1.807, 2.05) is 0 Å². The molecule has 0 radical (unpaired) electrons. The van der Waals surface area contributed by atoms with E-state index in [-0.39, 0.29) is 0 Å². The Morgan fingerprint density at radius 2 is 0.655 bits per heavy atom. The number of hydrogen-bond donors (Lipinski definition) is 1. The third kappa shape index (κ3) is 20.3. The standard InChI is InChI=1S/C54H88O3P/c1-5-9-13-17-21-25-29-38-48-43-37-47-54(51(48)44-32-28-24-20-16-12-8-4)58(55,56-52-45-35-33-41-49(52)39-30-26-22-18-14-10-6-2)57-53-46-36-34-42-50(53)40-31-27-23-19-15-11-7-3/h33-37,41-43,45-47,55H,5-32,38-40,44H2,1-4H3/q+1. The minimum Gasteiger partial charge on any atom is -0.273 e. The zero-order valence-electron chi connectivity index (χ0n) is 38.2. The molecule has 0 fully saturated rings. The van der Waals surface area contributed by atoms with Gasteiger partial charge in [-0.15, -0.1) is 0 Å². The van der Waals surface area contributed by atoms with Crippen LogP contribution in [0.2, 0.25) is 0 Å². The monoisotopic (exact) mass is 816 g/mol. The highest BCUT2D eigenvalue weighted by Crippen LogP contribution is 2.57. The van der Waals surface area contributed by atoms with E-state index in [0.717, 1.165) is 61.7 Å². The second-order valence-corrected chi connectivity index (χ2v) is 19.2. The van der Waals surface area contributed by atoms with Gasteiger partial charge >= 0.3 is 7.94 Å². The summed E-state index contributed by atoms with van der Waals surface area (Å²) in [7, 11) is -3.63. The number of hydrogen-bond acceptors (Lipinski definition) is 3. The molecule has 0 aliphatic heterocycles. The average Bonchev–Trinajstić information content (AvgIpc) is 3.23. The van der Waals surface area contributed by atoms with Crippen LogP contribution in [0.15, 0.2) is 66.7 Å². The largest absolute Gasteiger partial charge is 0.533 e. The average molecular weight is 816 g/mol. The number of para-hydroxylation sites is 2. The van der Waals surface area contributed by atoms with Crippen LogP contribution in [0.25, 0.3) is 0 Å². The molecular formula is C54H88O3P+. The zero-order valence-corrected chi connectivity index (χ0v) is 39.1. The first-order chi connectivity index (χ1) is 28.6. The Kier molecular flexibility index (Phi) is 28.0. The maximum Gasteiger partial charge on any atom is 0.533 e. The predicted octanol–water partition coefficient (Wildman–Crippen LogP) is 17.4. The molecule has 0 unspecified atom stereocenters. The maximum atomic E-state index is 13.3. The van der Waals surface area contributed by atoms with Crippen molar-refractivity contribution in [2.24, 2.45) is 0 Å². The molecule has 0 aliphatic rings. The highest BCUT2D eigenvalue weighted by molar-refractivity contribution is 7.69. The summed E-state index contributed by atoms with van der Waals surface area (Å²) in [6.07, 6.45) is 39.6. The molecule has 0 atom stereocenters. The van der Waals surface area contributed by atoms with Crippen molar-refractivity contribution in [1.29, 1.82) is 0 Å². The lowest BCUT2D eigenvalue weighted by molar-refractivity contribution is 0.358. The highest BCUT2D eigenvalue weighted by Gasteiger charge is 2.50. The molecule has 4 heteroatoms. The first kappa shape index (κ1) is 50.0. The Balaban J connectivity index is 1.95. The first-order valence-corrected chi connectivity index (χ1v) is 26.4. The van der Waals surface area contributed by atoms with Gasteiger partial charge < -0.3 is 0 Å². The summed E-state index contributed by atoms with van der Waals surface area (Å²) in [6, 6.07) is 23.5. The van der Waals surface area contributed by atoms with Crippen LogP contribution in [0.4, 0.5) is 0 Å². The van der Waals surface area contributed by atoms with Gasteiger partial charge in [-0.3, -0.25) is 9.05 Å². The first-order valence-electron chi connectivity index (χ1n) is 24.8. The summed E-state index contributed by atoms with van der Waals surface area (Å²) in [5.74, 6) is 1.54. The minimum atomic E-state index is -3.63. The number of benzene rings is 3. The van der Waals surface area contributed by atoms with Gasteiger partial charge in [0, 0.05) is 5.56 Å². The molecule has 0 bridgehead atoms. The van der Waals surface area contributed by atoms with Crippen LogP contribution < -0.4 is 14.4 Å². The second kappa shape index (κ2) is 32.4. The molecule has 0 saturated heterocycles. The molecule has 58 heavy (non-hydrogen) atoms. The summed E-state index contributed by atoms with van der Waals surface area (Å²) in [5, 5.41) is 0.885. The molecule has 3 rings (SSSR count). The van der Waals surface area contributed by atoms with Crippen molar-refractivity contribution in [2.45, 2.75) is 233 Å². The van der Waals surface area contributed by atoms with Crippen LogP contribution in [-0.2, 0) is 25.7 Å². The van der Waals surface area contributed by atoms with Crippen LogP contribution in [0, 0.1) is 0 Å². The van der Waals surface area contributed by atoms with Crippen molar-refractivity contribution in [1.82, 2.24) is 0 Å². The smallest absolute Gasteiger partial charge is 0.273 e. The Labute approximate surface area is 359 Å². The molecule has 0 aliphatic carbocycles. The van der Waals surface area contributed by atoms with Crippen LogP contribution in [0.5, 0.6) is 11.5 Å². The predicted molar refractivity (Wildman–Crippen MR) is 256 cm³/mol. The normalized spacial score (nSPS) is 11.7. The van der Waals surface area contributed by atoms with Crippen molar-refractivity contribution >= 4 is 13.2 Å². The molecule has 1 N–H and O–H groups in total. The van der Waals surface area contributed by atoms with Crippen LogP contribution in [0.3, 0.4) is 0 Å². The Hall–Kier alpha value is -2.35. The summed E-state index contributed by atoms with van der Waals surface area (Å²) in [6.45, 7) is 9.15.